The highest BCUT2D eigenvalue weighted by Gasteiger charge is 2.23. The molecule has 0 radical (unpaired) electrons. The predicted octanol–water partition coefficient (Wildman–Crippen LogP) is 1.75. The third-order valence-corrected chi connectivity index (χ3v) is 3.86. The maximum absolute atomic E-state index is 5.70. The molecule has 1 atom stereocenters. The van der Waals surface area contributed by atoms with E-state index in [-0.39, 0.29) is 6.04 Å². The molecule has 0 saturated carbocycles. The van der Waals surface area contributed by atoms with Crippen LogP contribution in [0.25, 0.3) is 0 Å². The van der Waals surface area contributed by atoms with Crippen LogP contribution in [-0.4, -0.2) is 23.8 Å². The van der Waals surface area contributed by atoms with E-state index in [1.807, 2.05) is 29.9 Å². The number of nitrogens with one attached hydrogen (secondary N) is 1. The van der Waals surface area contributed by atoms with Gasteiger partial charge in [0, 0.05) is 25.0 Å². The molecule has 1 heterocycles. The van der Waals surface area contributed by atoms with E-state index in [2.05, 4.69) is 26.3 Å². The molecule has 0 amide bonds. The minimum absolute atomic E-state index is 0.285. The van der Waals surface area contributed by atoms with Gasteiger partial charge in [-0.05, 0) is 28.1 Å². The maximum Gasteiger partial charge on any atom is 0.142 e. The van der Waals surface area contributed by atoms with Crippen molar-refractivity contribution in [3.8, 4) is 11.5 Å². The molecule has 0 saturated heterocycles. The Bertz CT molecular complexity index is 600. The van der Waals surface area contributed by atoms with E-state index in [4.69, 9.17) is 15.3 Å². The van der Waals surface area contributed by atoms with Crippen molar-refractivity contribution in [2.24, 2.45) is 12.9 Å². The number of imidazole rings is 1. The minimum Gasteiger partial charge on any atom is -0.495 e. The number of nitrogens with zero attached hydrogens (tertiary/aromatic N) is 2. The second kappa shape index (κ2) is 6.25. The number of nitrogens with two attached hydrogens (primary N) is 1. The molecule has 0 spiro atoms. The molecular weight excluding hydrogens is 324 g/mol. The van der Waals surface area contributed by atoms with Gasteiger partial charge in [0.25, 0.3) is 0 Å². The summed E-state index contributed by atoms with van der Waals surface area (Å²) in [4.78, 5) is 4.33. The number of hydrazine groups is 1. The van der Waals surface area contributed by atoms with Gasteiger partial charge in [0.1, 0.15) is 27.8 Å². The molecule has 0 aliphatic rings. The Hall–Kier alpha value is -1.57. The van der Waals surface area contributed by atoms with Crippen LogP contribution < -0.4 is 20.7 Å². The molecule has 0 bridgehead atoms. The van der Waals surface area contributed by atoms with Crippen molar-refractivity contribution < 1.29 is 9.47 Å². The second-order valence-electron chi connectivity index (χ2n) is 4.20. The maximum atomic E-state index is 5.70. The summed E-state index contributed by atoms with van der Waals surface area (Å²) in [5, 5.41) is 0. The van der Waals surface area contributed by atoms with E-state index in [1.165, 1.54) is 0 Å². The van der Waals surface area contributed by atoms with Crippen molar-refractivity contribution in [1.82, 2.24) is 15.0 Å². The van der Waals surface area contributed by atoms with E-state index in [9.17, 15) is 0 Å². The Morgan fingerprint density at radius 2 is 2.10 bits per heavy atom. The summed E-state index contributed by atoms with van der Waals surface area (Å²) in [5.41, 5.74) is 3.65. The van der Waals surface area contributed by atoms with Gasteiger partial charge in [0.05, 0.1) is 14.2 Å². The summed E-state index contributed by atoms with van der Waals surface area (Å²) < 4.78 is 13.4. The third kappa shape index (κ3) is 2.52. The van der Waals surface area contributed by atoms with Crippen LogP contribution in [0, 0.1) is 0 Å². The van der Waals surface area contributed by atoms with Crippen LogP contribution >= 0.6 is 15.9 Å². The summed E-state index contributed by atoms with van der Waals surface area (Å²) in [5.74, 6) is 7.86. The molecular formula is C13H17BrN4O2. The van der Waals surface area contributed by atoms with Gasteiger partial charge < -0.3 is 14.0 Å². The minimum atomic E-state index is -0.285. The normalized spacial score (nSPS) is 12.2. The van der Waals surface area contributed by atoms with Crippen LogP contribution in [0.4, 0.5) is 0 Å². The van der Waals surface area contributed by atoms with Crippen molar-refractivity contribution in [3.63, 3.8) is 0 Å². The molecule has 2 rings (SSSR count). The van der Waals surface area contributed by atoms with Gasteiger partial charge in [-0.3, -0.25) is 5.84 Å². The first-order valence-corrected chi connectivity index (χ1v) is 6.77. The predicted molar refractivity (Wildman–Crippen MR) is 79.6 cm³/mol. The van der Waals surface area contributed by atoms with Gasteiger partial charge >= 0.3 is 0 Å². The van der Waals surface area contributed by atoms with Crippen LogP contribution in [-0.2, 0) is 7.05 Å². The number of hydrogen-bond donors (Lipinski definition) is 2. The van der Waals surface area contributed by atoms with Crippen molar-refractivity contribution >= 4 is 15.9 Å². The van der Waals surface area contributed by atoms with Gasteiger partial charge in [-0.15, -0.1) is 0 Å². The summed E-state index contributed by atoms with van der Waals surface area (Å²) >= 11 is 3.49. The van der Waals surface area contributed by atoms with Crippen LogP contribution in [0.15, 0.2) is 29.0 Å². The highest BCUT2D eigenvalue weighted by atomic mass is 79.9. The summed E-state index contributed by atoms with van der Waals surface area (Å²) in [6.45, 7) is 0. The van der Waals surface area contributed by atoms with Crippen LogP contribution in [0.2, 0.25) is 0 Å². The molecule has 20 heavy (non-hydrogen) atoms. The molecule has 1 unspecified atom stereocenters. The van der Waals surface area contributed by atoms with Gasteiger partial charge in [-0.25, -0.2) is 10.4 Å². The lowest BCUT2D eigenvalue weighted by molar-refractivity contribution is 0.381. The second-order valence-corrected chi connectivity index (χ2v) is 4.99. The lowest BCUT2D eigenvalue weighted by Crippen LogP contribution is -2.31. The fourth-order valence-corrected chi connectivity index (χ4v) is 2.79. The van der Waals surface area contributed by atoms with Crippen molar-refractivity contribution in [1.29, 1.82) is 0 Å². The number of ether oxygens (including phenoxy) is 2. The monoisotopic (exact) mass is 340 g/mol. The number of methoxy groups -OCH3 is 2. The van der Waals surface area contributed by atoms with Crippen molar-refractivity contribution in [3.05, 3.63) is 40.4 Å². The SMILES string of the molecule is COc1ccc(C(NN)c2nccn2C)c(OC)c1Br. The average molecular weight is 341 g/mol. The summed E-state index contributed by atoms with van der Waals surface area (Å²) in [6.07, 6.45) is 3.59. The first-order valence-electron chi connectivity index (χ1n) is 5.97. The fourth-order valence-electron chi connectivity index (χ4n) is 2.10. The molecule has 0 aliphatic heterocycles. The molecule has 3 N–H and O–H groups in total. The van der Waals surface area contributed by atoms with Gasteiger partial charge in [0.15, 0.2) is 0 Å². The lowest BCUT2D eigenvalue weighted by Gasteiger charge is -2.20. The van der Waals surface area contributed by atoms with E-state index in [0.717, 1.165) is 15.9 Å². The summed E-state index contributed by atoms with van der Waals surface area (Å²) in [7, 11) is 5.13. The van der Waals surface area contributed by atoms with E-state index in [0.29, 0.717) is 11.5 Å². The zero-order valence-electron chi connectivity index (χ0n) is 11.6. The topological polar surface area (TPSA) is 74.3 Å². The van der Waals surface area contributed by atoms with E-state index >= 15 is 0 Å². The fraction of sp³-hybridized carbons (Fsp3) is 0.308. The number of aryl methyl sites for hydroxylation is 1. The number of hydrogen-bond acceptors (Lipinski definition) is 5. The average Bonchev–Trinajstić information content (AvgIpc) is 2.86. The molecule has 0 fully saturated rings. The first kappa shape index (κ1) is 14.8. The largest absolute Gasteiger partial charge is 0.495 e. The standard InChI is InChI=1S/C13H17BrN4O2/c1-18-7-6-16-13(18)11(17-15)8-4-5-9(19-2)10(14)12(8)20-3/h4-7,11,17H,15H2,1-3H3. The van der Waals surface area contributed by atoms with E-state index in [1.54, 1.807) is 20.4 Å². The number of aromatic nitrogens is 2. The van der Waals surface area contributed by atoms with Gasteiger partial charge in [-0.1, -0.05) is 0 Å². The Kier molecular flexibility index (Phi) is 4.64. The molecule has 108 valence electrons. The third-order valence-electron chi connectivity index (χ3n) is 3.11. The molecule has 1 aromatic heterocycles. The number of halogens is 1. The molecule has 2 aromatic rings. The molecule has 7 heteroatoms. The van der Waals surface area contributed by atoms with Crippen LogP contribution in [0.3, 0.4) is 0 Å². The quantitative estimate of drug-likeness (QED) is 0.640. The number of rotatable bonds is 5. The molecule has 1 aromatic carbocycles. The van der Waals surface area contributed by atoms with E-state index < -0.39 is 0 Å². The van der Waals surface area contributed by atoms with Crippen molar-refractivity contribution in [2.75, 3.05) is 14.2 Å². The van der Waals surface area contributed by atoms with Gasteiger partial charge in [0.2, 0.25) is 0 Å². The highest BCUT2D eigenvalue weighted by Crippen LogP contribution is 2.40. The van der Waals surface area contributed by atoms with Crippen LogP contribution in [0.5, 0.6) is 11.5 Å². The Morgan fingerprint density at radius 3 is 2.60 bits per heavy atom. The van der Waals surface area contributed by atoms with Crippen LogP contribution in [0.1, 0.15) is 17.4 Å². The Labute approximate surface area is 126 Å². The smallest absolute Gasteiger partial charge is 0.142 e. The Balaban J connectivity index is 2.56. The zero-order valence-corrected chi connectivity index (χ0v) is 13.1. The lowest BCUT2D eigenvalue weighted by atomic mass is 10.1. The zero-order chi connectivity index (χ0) is 14.7. The van der Waals surface area contributed by atoms with Gasteiger partial charge in [-0.2, -0.15) is 0 Å². The molecule has 6 nitrogen and oxygen atoms in total. The molecule has 0 aliphatic carbocycles. The Morgan fingerprint density at radius 1 is 1.35 bits per heavy atom. The summed E-state index contributed by atoms with van der Waals surface area (Å²) in [6, 6.07) is 3.48. The highest BCUT2D eigenvalue weighted by molar-refractivity contribution is 9.10. The number of benzene rings is 1. The van der Waals surface area contributed by atoms with Crippen molar-refractivity contribution in [2.45, 2.75) is 6.04 Å². The first-order chi connectivity index (χ1) is 9.63.